The van der Waals surface area contributed by atoms with E-state index in [1.165, 1.54) is 11.3 Å². The minimum Gasteiger partial charge on any atom is -0.497 e. The molecule has 2 aromatic rings. The lowest BCUT2D eigenvalue weighted by Crippen LogP contribution is -2.36. The van der Waals surface area contributed by atoms with E-state index in [1.54, 1.807) is 18.9 Å². The average molecular weight is 388 g/mol. The summed E-state index contributed by atoms with van der Waals surface area (Å²) >= 11 is 3.13. The zero-order chi connectivity index (χ0) is 16.8. The first-order chi connectivity index (χ1) is 11.0. The van der Waals surface area contributed by atoms with E-state index in [1.807, 2.05) is 37.4 Å². The first-order valence-corrected chi connectivity index (χ1v) is 9.43. The summed E-state index contributed by atoms with van der Waals surface area (Å²) < 4.78 is 5.16. The van der Waals surface area contributed by atoms with Crippen LogP contribution in [0.1, 0.15) is 11.3 Å². The van der Waals surface area contributed by atoms with Gasteiger partial charge in [0.2, 0.25) is 5.91 Å². The first kappa shape index (κ1) is 20.8. The Labute approximate surface area is 156 Å². The maximum Gasteiger partial charge on any atom is 0.243 e. The Morgan fingerprint density at radius 1 is 1.42 bits per heavy atom. The van der Waals surface area contributed by atoms with E-state index in [-0.39, 0.29) is 18.3 Å². The standard InChI is InChI=1S/C16H21N3O2S2.ClH/c1-10-14(11-4-6-12(21-2)7-5-11)18-16(23-10)19-15(20)13(17)8-9-22-3;/h4-7,13H,8-9,17H2,1-3H3,(H,18,19,20);1H. The Morgan fingerprint density at radius 2 is 2.08 bits per heavy atom. The molecule has 0 aliphatic carbocycles. The Bertz CT molecular complexity index is 662. The van der Waals surface area contributed by atoms with Crippen molar-refractivity contribution >= 4 is 46.5 Å². The van der Waals surface area contributed by atoms with Crippen LogP contribution in [0.2, 0.25) is 0 Å². The minimum absolute atomic E-state index is 0. The molecular weight excluding hydrogens is 366 g/mol. The summed E-state index contributed by atoms with van der Waals surface area (Å²) in [4.78, 5) is 17.6. The zero-order valence-corrected chi connectivity index (χ0v) is 16.3. The van der Waals surface area contributed by atoms with Crippen LogP contribution in [0.15, 0.2) is 24.3 Å². The SMILES string of the molecule is COc1ccc(-c2nc(NC(=O)C(N)CCSC)sc2C)cc1.Cl. The quantitative estimate of drug-likeness (QED) is 0.759. The summed E-state index contributed by atoms with van der Waals surface area (Å²) in [7, 11) is 1.64. The van der Waals surface area contributed by atoms with Crippen molar-refractivity contribution in [3.05, 3.63) is 29.1 Å². The monoisotopic (exact) mass is 387 g/mol. The predicted octanol–water partition coefficient (Wildman–Crippen LogP) is 3.57. The molecule has 24 heavy (non-hydrogen) atoms. The lowest BCUT2D eigenvalue weighted by molar-refractivity contribution is -0.117. The first-order valence-electron chi connectivity index (χ1n) is 7.22. The van der Waals surface area contributed by atoms with E-state index in [4.69, 9.17) is 10.5 Å². The van der Waals surface area contributed by atoms with E-state index in [0.29, 0.717) is 11.6 Å². The minimum atomic E-state index is -0.504. The zero-order valence-electron chi connectivity index (χ0n) is 13.9. The van der Waals surface area contributed by atoms with Gasteiger partial charge in [-0.05, 0) is 49.6 Å². The summed E-state index contributed by atoms with van der Waals surface area (Å²) in [5.74, 6) is 1.48. The molecular formula is C16H22ClN3O2S2. The molecule has 132 valence electrons. The maximum atomic E-state index is 12.1. The van der Waals surface area contributed by atoms with Gasteiger partial charge in [-0.2, -0.15) is 11.8 Å². The molecule has 1 heterocycles. The van der Waals surface area contributed by atoms with Crippen LogP contribution >= 0.6 is 35.5 Å². The van der Waals surface area contributed by atoms with Crippen molar-refractivity contribution in [3.63, 3.8) is 0 Å². The number of halogens is 1. The lowest BCUT2D eigenvalue weighted by Gasteiger charge is -2.09. The van der Waals surface area contributed by atoms with E-state index < -0.39 is 6.04 Å². The number of nitrogens with two attached hydrogens (primary N) is 1. The number of nitrogens with one attached hydrogen (secondary N) is 1. The molecule has 2 rings (SSSR count). The number of ether oxygens (including phenoxy) is 1. The highest BCUT2D eigenvalue weighted by Gasteiger charge is 2.16. The van der Waals surface area contributed by atoms with Crippen LogP contribution < -0.4 is 15.8 Å². The normalized spacial score (nSPS) is 11.5. The highest BCUT2D eigenvalue weighted by molar-refractivity contribution is 7.98. The van der Waals surface area contributed by atoms with Crippen molar-refractivity contribution in [1.82, 2.24) is 4.98 Å². The number of aromatic nitrogens is 1. The van der Waals surface area contributed by atoms with Crippen molar-refractivity contribution in [2.24, 2.45) is 5.73 Å². The summed E-state index contributed by atoms with van der Waals surface area (Å²) in [6.07, 6.45) is 2.65. The van der Waals surface area contributed by atoms with Crippen molar-refractivity contribution in [2.75, 3.05) is 24.4 Å². The van der Waals surface area contributed by atoms with Crippen LogP contribution in [0.4, 0.5) is 5.13 Å². The molecule has 0 saturated carbocycles. The molecule has 0 radical (unpaired) electrons. The lowest BCUT2D eigenvalue weighted by atomic mass is 10.1. The fourth-order valence-corrected chi connectivity index (χ4v) is 3.37. The van der Waals surface area contributed by atoms with Gasteiger partial charge in [-0.3, -0.25) is 4.79 Å². The smallest absolute Gasteiger partial charge is 0.243 e. The van der Waals surface area contributed by atoms with Gasteiger partial charge in [-0.25, -0.2) is 4.98 Å². The number of nitrogens with zero attached hydrogens (tertiary/aromatic N) is 1. The van der Waals surface area contributed by atoms with Crippen molar-refractivity contribution < 1.29 is 9.53 Å². The number of amides is 1. The third kappa shape index (κ3) is 5.37. The third-order valence-corrected chi connectivity index (χ3v) is 4.89. The molecule has 0 aliphatic heterocycles. The largest absolute Gasteiger partial charge is 0.497 e. The van der Waals surface area contributed by atoms with Gasteiger partial charge in [0.15, 0.2) is 5.13 Å². The number of hydrogen-bond acceptors (Lipinski definition) is 6. The molecule has 0 bridgehead atoms. The number of hydrogen-bond donors (Lipinski definition) is 2. The molecule has 5 nitrogen and oxygen atoms in total. The van der Waals surface area contributed by atoms with Gasteiger partial charge in [0.1, 0.15) is 5.75 Å². The van der Waals surface area contributed by atoms with Gasteiger partial charge >= 0.3 is 0 Å². The summed E-state index contributed by atoms with van der Waals surface area (Å²) in [5, 5.41) is 3.40. The highest BCUT2D eigenvalue weighted by Crippen LogP contribution is 2.31. The molecule has 1 unspecified atom stereocenters. The van der Waals surface area contributed by atoms with Crippen molar-refractivity contribution in [3.8, 4) is 17.0 Å². The van der Waals surface area contributed by atoms with E-state index in [9.17, 15) is 4.79 Å². The van der Waals surface area contributed by atoms with Crippen LogP contribution in [0.5, 0.6) is 5.75 Å². The third-order valence-electron chi connectivity index (χ3n) is 3.36. The van der Waals surface area contributed by atoms with Crippen LogP contribution in [0.3, 0.4) is 0 Å². The second-order valence-electron chi connectivity index (χ2n) is 5.03. The Balaban J connectivity index is 0.00000288. The molecule has 0 saturated heterocycles. The van der Waals surface area contributed by atoms with Crippen LogP contribution in [-0.2, 0) is 4.79 Å². The van der Waals surface area contributed by atoms with Gasteiger partial charge in [0, 0.05) is 10.4 Å². The number of benzene rings is 1. The van der Waals surface area contributed by atoms with Gasteiger partial charge in [-0.15, -0.1) is 23.7 Å². The van der Waals surface area contributed by atoms with Gasteiger partial charge < -0.3 is 15.8 Å². The molecule has 1 aromatic carbocycles. The van der Waals surface area contributed by atoms with Crippen molar-refractivity contribution in [1.29, 1.82) is 0 Å². The Morgan fingerprint density at radius 3 is 2.67 bits per heavy atom. The molecule has 1 atom stereocenters. The number of anilines is 1. The fraction of sp³-hybridized carbons (Fsp3) is 0.375. The van der Waals surface area contributed by atoms with E-state index in [2.05, 4.69) is 10.3 Å². The maximum absolute atomic E-state index is 12.1. The summed E-state index contributed by atoms with van der Waals surface area (Å²) in [5.41, 5.74) is 7.74. The fourth-order valence-electron chi connectivity index (χ4n) is 2.04. The van der Waals surface area contributed by atoms with Crippen molar-refractivity contribution in [2.45, 2.75) is 19.4 Å². The van der Waals surface area contributed by atoms with Crippen LogP contribution in [-0.4, -0.2) is 36.1 Å². The topological polar surface area (TPSA) is 77.2 Å². The molecule has 3 N–H and O–H groups in total. The molecule has 0 fully saturated rings. The van der Waals surface area contributed by atoms with Gasteiger partial charge in [0.05, 0.1) is 18.8 Å². The van der Waals surface area contributed by atoms with E-state index in [0.717, 1.165) is 27.6 Å². The van der Waals surface area contributed by atoms with Gasteiger partial charge in [0.25, 0.3) is 0 Å². The number of carbonyl (C=O) groups is 1. The highest BCUT2D eigenvalue weighted by atomic mass is 35.5. The Kier molecular flexibility index (Phi) is 8.55. The van der Waals surface area contributed by atoms with Crippen LogP contribution in [0, 0.1) is 6.92 Å². The number of carbonyl (C=O) groups excluding carboxylic acids is 1. The number of thiazole rings is 1. The number of thioether (sulfide) groups is 1. The Hall–Kier alpha value is -1.28. The number of methoxy groups -OCH3 is 1. The second-order valence-corrected chi connectivity index (χ2v) is 7.22. The van der Waals surface area contributed by atoms with Crippen LogP contribution in [0.25, 0.3) is 11.3 Å². The predicted molar refractivity (Wildman–Crippen MR) is 106 cm³/mol. The summed E-state index contributed by atoms with van der Waals surface area (Å²) in [6.45, 7) is 1.99. The van der Waals surface area contributed by atoms with E-state index >= 15 is 0 Å². The molecule has 1 aromatic heterocycles. The second kappa shape index (κ2) is 9.88. The molecule has 8 heteroatoms. The molecule has 1 amide bonds. The molecule has 0 aliphatic rings. The number of aryl methyl sites for hydroxylation is 1. The summed E-state index contributed by atoms with van der Waals surface area (Å²) in [6, 6.07) is 7.19. The number of rotatable bonds is 7. The van der Waals surface area contributed by atoms with Gasteiger partial charge in [-0.1, -0.05) is 0 Å². The average Bonchev–Trinajstić information content (AvgIpc) is 2.92. The molecule has 0 spiro atoms.